The second-order valence-electron chi connectivity index (χ2n) is 8.50. The fraction of sp³-hybridized carbons (Fsp3) is 0.600. The molecule has 162 valence electrons. The van der Waals surface area contributed by atoms with Crippen LogP contribution in [-0.2, 0) is 10.7 Å². The zero-order chi connectivity index (χ0) is 20.9. The molecule has 2 unspecified atom stereocenters. The van der Waals surface area contributed by atoms with Gasteiger partial charge in [-0.05, 0) is 25.0 Å². The molecule has 0 radical (unpaired) electrons. The van der Waals surface area contributed by atoms with Crippen LogP contribution in [0, 0.1) is 5.41 Å². The van der Waals surface area contributed by atoms with E-state index in [0.29, 0.717) is 12.6 Å². The van der Waals surface area contributed by atoms with Gasteiger partial charge in [0.1, 0.15) is 0 Å². The Bertz CT molecular complexity index is 929. The van der Waals surface area contributed by atoms with Gasteiger partial charge in [0.05, 0.1) is 22.1 Å². The van der Waals surface area contributed by atoms with Gasteiger partial charge >= 0.3 is 5.92 Å². The third-order valence-electron chi connectivity index (χ3n) is 6.42. The molecular formula is C20H22Cl2F2N4O2. The molecule has 0 amide bonds. The molecule has 3 aliphatic rings. The van der Waals surface area contributed by atoms with E-state index < -0.39 is 11.8 Å². The zero-order valence-corrected chi connectivity index (χ0v) is 17.7. The molecule has 30 heavy (non-hydrogen) atoms. The lowest BCUT2D eigenvalue weighted by Crippen LogP contribution is -2.61. The summed E-state index contributed by atoms with van der Waals surface area (Å²) in [5.74, 6) is -4.02. The lowest BCUT2D eigenvalue weighted by Gasteiger charge is -2.50. The van der Waals surface area contributed by atoms with Crippen LogP contribution < -0.4 is 5.32 Å². The number of likely N-dealkylation sites (tertiary alicyclic amines) is 1. The van der Waals surface area contributed by atoms with Gasteiger partial charge in [-0.15, -0.1) is 10.2 Å². The third-order valence-corrected chi connectivity index (χ3v) is 7.16. The maximum Gasteiger partial charge on any atom is 0.349 e. The number of hydrogen-bond donors (Lipinski definition) is 1. The van der Waals surface area contributed by atoms with Gasteiger partial charge in [0.2, 0.25) is 5.89 Å². The van der Waals surface area contributed by atoms with Crippen molar-refractivity contribution >= 4 is 23.2 Å². The number of alkyl halides is 2. The lowest BCUT2D eigenvalue weighted by molar-refractivity contribution is -0.0360. The molecule has 3 saturated heterocycles. The van der Waals surface area contributed by atoms with Crippen LogP contribution in [-0.4, -0.2) is 60.5 Å². The Labute approximate surface area is 182 Å². The molecular weight excluding hydrogens is 437 g/mol. The maximum atomic E-state index is 14.9. The summed E-state index contributed by atoms with van der Waals surface area (Å²) >= 11 is 11.7. The Morgan fingerprint density at radius 3 is 2.80 bits per heavy atom. The van der Waals surface area contributed by atoms with Crippen molar-refractivity contribution in [2.45, 2.75) is 30.8 Å². The van der Waals surface area contributed by atoms with Crippen molar-refractivity contribution in [3.63, 3.8) is 0 Å². The molecule has 0 bridgehead atoms. The van der Waals surface area contributed by atoms with E-state index in [2.05, 4.69) is 20.4 Å². The van der Waals surface area contributed by atoms with E-state index in [-0.39, 0.29) is 32.8 Å². The SMILES string of the molecule is FC(F)(c1ccc(Cl)c(Cl)c1)c1nnc(C2CNCC23CN(CC2CCCO2)C3)o1. The highest BCUT2D eigenvalue weighted by Crippen LogP contribution is 2.47. The molecule has 3 fully saturated rings. The van der Waals surface area contributed by atoms with E-state index in [1.807, 2.05) is 0 Å². The number of halogens is 4. The number of benzene rings is 1. The van der Waals surface area contributed by atoms with Gasteiger partial charge in [-0.3, -0.25) is 4.90 Å². The first kappa shape index (κ1) is 20.6. The average molecular weight is 459 g/mol. The van der Waals surface area contributed by atoms with Crippen LogP contribution in [0.3, 0.4) is 0 Å². The number of nitrogens with zero attached hydrogens (tertiary/aromatic N) is 3. The van der Waals surface area contributed by atoms with Gasteiger partial charge in [-0.2, -0.15) is 8.78 Å². The van der Waals surface area contributed by atoms with E-state index in [0.717, 1.165) is 51.7 Å². The maximum absolute atomic E-state index is 14.9. The molecule has 4 heterocycles. The second-order valence-corrected chi connectivity index (χ2v) is 9.31. The lowest BCUT2D eigenvalue weighted by atomic mass is 9.71. The van der Waals surface area contributed by atoms with Crippen LogP contribution in [0.2, 0.25) is 10.0 Å². The van der Waals surface area contributed by atoms with Gasteiger partial charge in [0.15, 0.2) is 0 Å². The van der Waals surface area contributed by atoms with Crippen LogP contribution in [0.15, 0.2) is 22.6 Å². The number of ether oxygens (including phenoxy) is 1. The highest BCUT2D eigenvalue weighted by molar-refractivity contribution is 6.42. The Morgan fingerprint density at radius 2 is 2.07 bits per heavy atom. The molecule has 1 aromatic carbocycles. The Kier molecular flexibility index (Phi) is 5.26. The number of hydrogen-bond acceptors (Lipinski definition) is 6. The molecule has 6 nitrogen and oxygen atoms in total. The fourth-order valence-electron chi connectivity index (χ4n) is 4.85. The van der Waals surface area contributed by atoms with Crippen LogP contribution in [0.1, 0.15) is 36.1 Å². The first-order valence-corrected chi connectivity index (χ1v) is 10.8. The Hall–Kier alpha value is -1.32. The third kappa shape index (κ3) is 3.52. The molecule has 3 aliphatic heterocycles. The van der Waals surface area contributed by atoms with Gasteiger partial charge in [0.25, 0.3) is 5.89 Å². The molecule has 10 heteroatoms. The minimum Gasteiger partial charge on any atom is -0.419 e. The summed E-state index contributed by atoms with van der Waals surface area (Å²) in [5, 5.41) is 11.3. The van der Waals surface area contributed by atoms with Crippen molar-refractivity contribution in [1.29, 1.82) is 0 Å². The molecule has 5 rings (SSSR count). The van der Waals surface area contributed by atoms with Crippen LogP contribution >= 0.6 is 23.2 Å². The first-order chi connectivity index (χ1) is 14.4. The minimum atomic E-state index is -3.45. The van der Waals surface area contributed by atoms with Crippen molar-refractivity contribution < 1.29 is 17.9 Å². The summed E-state index contributed by atoms with van der Waals surface area (Å²) in [4.78, 5) is 2.36. The van der Waals surface area contributed by atoms with Gasteiger partial charge in [0, 0.05) is 50.3 Å². The van der Waals surface area contributed by atoms with Crippen LogP contribution in [0.4, 0.5) is 8.78 Å². The second kappa shape index (κ2) is 7.67. The van der Waals surface area contributed by atoms with E-state index in [1.54, 1.807) is 0 Å². The summed E-state index contributed by atoms with van der Waals surface area (Å²) in [7, 11) is 0. The molecule has 1 N–H and O–H groups in total. The average Bonchev–Trinajstić information content (AvgIpc) is 3.43. The van der Waals surface area contributed by atoms with Crippen LogP contribution in [0.25, 0.3) is 0 Å². The van der Waals surface area contributed by atoms with E-state index in [4.69, 9.17) is 32.4 Å². The first-order valence-electron chi connectivity index (χ1n) is 10.1. The largest absolute Gasteiger partial charge is 0.419 e. The highest BCUT2D eigenvalue weighted by atomic mass is 35.5. The van der Waals surface area contributed by atoms with Crippen molar-refractivity contribution in [3.8, 4) is 0 Å². The number of rotatable bonds is 5. The normalized spacial score (nSPS) is 26.4. The predicted octanol–water partition coefficient (Wildman–Crippen LogP) is 3.68. The minimum absolute atomic E-state index is 0.0494. The number of nitrogens with one attached hydrogen (secondary N) is 1. The number of aromatic nitrogens is 2. The van der Waals surface area contributed by atoms with E-state index in [1.165, 1.54) is 12.1 Å². The summed E-state index contributed by atoms with van der Waals surface area (Å²) in [5.41, 5.74) is -0.404. The van der Waals surface area contributed by atoms with Crippen molar-refractivity contribution in [2.24, 2.45) is 5.41 Å². The van der Waals surface area contributed by atoms with Gasteiger partial charge in [-0.25, -0.2) is 0 Å². The zero-order valence-electron chi connectivity index (χ0n) is 16.2. The van der Waals surface area contributed by atoms with Crippen molar-refractivity contribution in [2.75, 3.05) is 39.3 Å². The standard InChI is InChI=1S/C20H22Cl2F2N4O2/c21-15-4-3-12(6-16(15)22)20(23,24)18-27-26-17(30-18)14-7-25-9-19(14)10-28(11-19)8-13-2-1-5-29-13/h3-4,6,13-14,25H,1-2,5,7-11H2. The van der Waals surface area contributed by atoms with E-state index >= 15 is 0 Å². The predicted molar refractivity (Wildman–Crippen MR) is 107 cm³/mol. The van der Waals surface area contributed by atoms with Crippen molar-refractivity contribution in [3.05, 3.63) is 45.6 Å². The molecule has 0 saturated carbocycles. The Morgan fingerprint density at radius 1 is 1.23 bits per heavy atom. The molecule has 2 atom stereocenters. The van der Waals surface area contributed by atoms with Crippen molar-refractivity contribution in [1.82, 2.24) is 20.4 Å². The summed E-state index contributed by atoms with van der Waals surface area (Å²) in [6.07, 6.45) is 2.52. The van der Waals surface area contributed by atoms with E-state index in [9.17, 15) is 8.78 Å². The molecule has 1 aromatic heterocycles. The topological polar surface area (TPSA) is 63.4 Å². The summed E-state index contributed by atoms with van der Waals surface area (Å²) in [6, 6.07) is 3.67. The Balaban J connectivity index is 1.31. The summed E-state index contributed by atoms with van der Waals surface area (Å²) in [6.45, 7) is 4.93. The highest BCUT2D eigenvalue weighted by Gasteiger charge is 2.54. The summed E-state index contributed by atoms with van der Waals surface area (Å²) < 4.78 is 41.1. The molecule has 0 aliphatic carbocycles. The molecule has 2 aromatic rings. The van der Waals surface area contributed by atoms with Crippen LogP contribution in [0.5, 0.6) is 0 Å². The quantitative estimate of drug-likeness (QED) is 0.736. The fourth-order valence-corrected chi connectivity index (χ4v) is 5.15. The van der Waals surface area contributed by atoms with Gasteiger partial charge < -0.3 is 14.5 Å². The van der Waals surface area contributed by atoms with Gasteiger partial charge in [-0.1, -0.05) is 29.3 Å². The monoisotopic (exact) mass is 458 g/mol. The smallest absolute Gasteiger partial charge is 0.349 e. The molecule has 1 spiro atoms.